The predicted molar refractivity (Wildman–Crippen MR) is 78.1 cm³/mol. The largest absolute Gasteiger partial charge is 0.382 e. The van der Waals surface area contributed by atoms with Crippen LogP contribution in [0.25, 0.3) is 5.82 Å². The van der Waals surface area contributed by atoms with Gasteiger partial charge in [-0.05, 0) is 25.0 Å². The maximum Gasteiger partial charge on any atom is 0.182 e. The van der Waals surface area contributed by atoms with Gasteiger partial charge in [-0.2, -0.15) is 9.78 Å². The molecule has 0 radical (unpaired) electrons. The normalized spacial score (nSPS) is 15.6. The molecule has 3 heterocycles. The minimum Gasteiger partial charge on any atom is -0.382 e. The van der Waals surface area contributed by atoms with Crippen molar-refractivity contribution in [3.05, 3.63) is 18.3 Å². The lowest BCUT2D eigenvalue weighted by Gasteiger charge is -2.15. The average Bonchev–Trinajstić information content (AvgIpc) is 3.05. The number of hydrogen-bond donors (Lipinski definition) is 1. The van der Waals surface area contributed by atoms with Gasteiger partial charge in [-0.25, -0.2) is 8.42 Å². The van der Waals surface area contributed by atoms with E-state index in [1.165, 1.54) is 10.9 Å². The van der Waals surface area contributed by atoms with E-state index >= 15 is 0 Å². The van der Waals surface area contributed by atoms with Crippen LogP contribution in [0.1, 0.15) is 12.8 Å². The van der Waals surface area contributed by atoms with Crippen molar-refractivity contribution in [1.82, 2.24) is 20.0 Å². The van der Waals surface area contributed by atoms with Crippen molar-refractivity contribution >= 4 is 21.5 Å². The van der Waals surface area contributed by atoms with E-state index in [1.807, 2.05) is 4.90 Å². The molecule has 112 valence electrons. The van der Waals surface area contributed by atoms with E-state index in [4.69, 9.17) is 5.73 Å². The molecule has 0 aliphatic carbocycles. The molecule has 1 aliphatic rings. The highest BCUT2D eigenvalue weighted by atomic mass is 32.2. The van der Waals surface area contributed by atoms with E-state index in [-0.39, 0.29) is 10.7 Å². The van der Waals surface area contributed by atoms with Crippen molar-refractivity contribution in [2.24, 2.45) is 0 Å². The average molecular weight is 308 g/mol. The summed E-state index contributed by atoms with van der Waals surface area (Å²) in [7, 11) is -3.49. The second kappa shape index (κ2) is 4.99. The molecule has 1 fully saturated rings. The van der Waals surface area contributed by atoms with E-state index in [0.717, 1.165) is 32.2 Å². The fourth-order valence-corrected chi connectivity index (χ4v) is 3.45. The number of hydrogen-bond acceptors (Lipinski definition) is 7. The first kappa shape index (κ1) is 13.8. The number of aromatic nitrogens is 4. The fraction of sp³-hybridized carbons (Fsp3) is 0.417. The van der Waals surface area contributed by atoms with E-state index in [9.17, 15) is 8.42 Å². The third-order valence-corrected chi connectivity index (χ3v) is 4.54. The smallest absolute Gasteiger partial charge is 0.182 e. The molecular weight excluding hydrogens is 292 g/mol. The van der Waals surface area contributed by atoms with Crippen LogP contribution in [-0.2, 0) is 9.84 Å². The van der Waals surface area contributed by atoms with Crippen LogP contribution >= 0.6 is 0 Å². The number of nitrogens with two attached hydrogens (primary N) is 1. The monoisotopic (exact) mass is 308 g/mol. The summed E-state index contributed by atoms with van der Waals surface area (Å²) in [4.78, 5) is 2.01. The molecular formula is C12H16N6O2S. The van der Waals surface area contributed by atoms with Crippen LogP contribution in [0.5, 0.6) is 0 Å². The summed E-state index contributed by atoms with van der Waals surface area (Å²) in [6.45, 7) is 1.55. The number of nitrogen functional groups attached to an aromatic ring is 1. The van der Waals surface area contributed by atoms with Crippen LogP contribution in [0.4, 0.5) is 11.6 Å². The molecule has 21 heavy (non-hydrogen) atoms. The zero-order valence-corrected chi connectivity index (χ0v) is 12.4. The lowest BCUT2D eigenvalue weighted by molar-refractivity contribution is 0.602. The van der Waals surface area contributed by atoms with Crippen LogP contribution in [-0.4, -0.2) is 47.7 Å². The zero-order valence-electron chi connectivity index (χ0n) is 11.6. The first-order valence-electron chi connectivity index (χ1n) is 6.60. The molecule has 1 saturated heterocycles. The Labute approximate surface area is 122 Å². The minimum atomic E-state index is -3.49. The molecule has 2 aromatic rings. The Morgan fingerprint density at radius 3 is 2.57 bits per heavy atom. The molecule has 2 N–H and O–H groups in total. The molecule has 3 rings (SSSR count). The van der Waals surface area contributed by atoms with Crippen molar-refractivity contribution in [3.8, 4) is 5.82 Å². The summed E-state index contributed by atoms with van der Waals surface area (Å²) < 4.78 is 25.5. The van der Waals surface area contributed by atoms with Crippen molar-refractivity contribution in [1.29, 1.82) is 0 Å². The Morgan fingerprint density at radius 1 is 1.29 bits per heavy atom. The summed E-state index contributed by atoms with van der Waals surface area (Å²) in [5, 5.41) is 12.1. The first-order valence-corrected chi connectivity index (χ1v) is 8.49. The topological polar surface area (TPSA) is 107 Å². The first-order chi connectivity index (χ1) is 9.98. The Kier molecular flexibility index (Phi) is 3.28. The minimum absolute atomic E-state index is 0.0649. The summed E-state index contributed by atoms with van der Waals surface area (Å²) in [6, 6.07) is 3.37. The van der Waals surface area contributed by atoms with Gasteiger partial charge in [-0.1, -0.05) is 0 Å². The van der Waals surface area contributed by atoms with Gasteiger partial charge in [-0.15, -0.1) is 10.2 Å². The quantitative estimate of drug-likeness (QED) is 0.866. The van der Waals surface area contributed by atoms with E-state index in [0.29, 0.717) is 11.6 Å². The Hall–Kier alpha value is -2.16. The standard InChI is InChI=1S/C12H16N6O2S/c1-21(19,20)10-11(13)18(9-5-4-6-14-15-9)16-12(10)17-7-2-3-8-17/h4-6H,2-3,7-8,13H2,1H3. The van der Waals surface area contributed by atoms with Gasteiger partial charge in [0.2, 0.25) is 0 Å². The molecule has 0 aromatic carbocycles. The Bertz CT molecular complexity index is 750. The molecule has 0 saturated carbocycles. The molecule has 8 nitrogen and oxygen atoms in total. The number of sulfone groups is 1. The summed E-state index contributed by atoms with van der Waals surface area (Å²) >= 11 is 0. The van der Waals surface area contributed by atoms with Crippen molar-refractivity contribution in [3.63, 3.8) is 0 Å². The summed E-state index contributed by atoms with van der Waals surface area (Å²) in [5.74, 6) is 0.864. The predicted octanol–water partition coefficient (Wildman–Crippen LogP) is 0.248. The van der Waals surface area contributed by atoms with Crippen LogP contribution in [0, 0.1) is 0 Å². The number of rotatable bonds is 3. The molecule has 0 atom stereocenters. The number of anilines is 2. The number of nitrogens with zero attached hydrogens (tertiary/aromatic N) is 5. The highest BCUT2D eigenvalue weighted by Gasteiger charge is 2.29. The van der Waals surface area contributed by atoms with Gasteiger partial charge < -0.3 is 10.6 Å². The van der Waals surface area contributed by atoms with E-state index in [2.05, 4.69) is 15.3 Å². The van der Waals surface area contributed by atoms with Gasteiger partial charge in [0.1, 0.15) is 5.82 Å². The van der Waals surface area contributed by atoms with E-state index in [1.54, 1.807) is 12.1 Å². The molecule has 9 heteroatoms. The van der Waals surface area contributed by atoms with Gasteiger partial charge in [0, 0.05) is 25.5 Å². The van der Waals surface area contributed by atoms with Gasteiger partial charge in [-0.3, -0.25) is 0 Å². The second-order valence-corrected chi connectivity index (χ2v) is 6.95. The third kappa shape index (κ3) is 2.44. The molecule has 0 amide bonds. The van der Waals surface area contributed by atoms with Crippen LogP contribution in [0.15, 0.2) is 23.2 Å². The SMILES string of the molecule is CS(=O)(=O)c1c(N2CCCC2)nn(-c2cccnn2)c1N. The maximum absolute atomic E-state index is 12.1. The van der Waals surface area contributed by atoms with E-state index < -0.39 is 9.84 Å². The highest BCUT2D eigenvalue weighted by molar-refractivity contribution is 7.91. The lowest BCUT2D eigenvalue weighted by atomic mass is 10.4. The van der Waals surface area contributed by atoms with Crippen molar-refractivity contribution in [2.45, 2.75) is 17.7 Å². The molecule has 0 bridgehead atoms. The zero-order chi connectivity index (χ0) is 15.0. The molecule has 1 aliphatic heterocycles. The van der Waals surface area contributed by atoms with Crippen molar-refractivity contribution in [2.75, 3.05) is 30.0 Å². The summed E-state index contributed by atoms with van der Waals surface area (Å²) in [5.41, 5.74) is 6.02. The Balaban J connectivity index is 2.20. The second-order valence-electron chi connectivity index (χ2n) is 5.00. The lowest BCUT2D eigenvalue weighted by Crippen LogP contribution is -2.20. The van der Waals surface area contributed by atoms with Gasteiger partial charge >= 0.3 is 0 Å². The Morgan fingerprint density at radius 2 is 2.00 bits per heavy atom. The summed E-state index contributed by atoms with van der Waals surface area (Å²) in [6.07, 6.45) is 4.70. The maximum atomic E-state index is 12.1. The van der Waals surface area contributed by atoms with Crippen LogP contribution < -0.4 is 10.6 Å². The highest BCUT2D eigenvalue weighted by Crippen LogP contribution is 2.33. The van der Waals surface area contributed by atoms with Gasteiger partial charge in [0.05, 0.1) is 0 Å². The third-order valence-electron chi connectivity index (χ3n) is 3.41. The van der Waals surface area contributed by atoms with Crippen molar-refractivity contribution < 1.29 is 8.42 Å². The fourth-order valence-electron chi connectivity index (χ4n) is 2.48. The molecule has 0 unspecified atom stereocenters. The van der Waals surface area contributed by atoms with Crippen LogP contribution in [0.2, 0.25) is 0 Å². The molecule has 0 spiro atoms. The van der Waals surface area contributed by atoms with Crippen LogP contribution in [0.3, 0.4) is 0 Å². The van der Waals surface area contributed by atoms with Gasteiger partial charge in [0.15, 0.2) is 26.4 Å². The van der Waals surface area contributed by atoms with Gasteiger partial charge in [0.25, 0.3) is 0 Å². The molecule has 2 aromatic heterocycles.